The van der Waals surface area contributed by atoms with Crippen molar-refractivity contribution in [2.24, 2.45) is 0 Å². The number of fused-ring (bicyclic) bond motifs is 1. The van der Waals surface area contributed by atoms with Crippen LogP contribution in [0.15, 0.2) is 0 Å². The lowest BCUT2D eigenvalue weighted by molar-refractivity contribution is 0.155. The van der Waals surface area contributed by atoms with Gasteiger partial charge in [-0.15, -0.1) is 11.3 Å². The predicted octanol–water partition coefficient (Wildman–Crippen LogP) is 2.11. The maximum atomic E-state index is 6.11. The van der Waals surface area contributed by atoms with Crippen LogP contribution in [0.2, 0.25) is 0 Å². The molecule has 5 nitrogen and oxygen atoms in total. The number of hydrogen-bond acceptors (Lipinski definition) is 6. The van der Waals surface area contributed by atoms with Crippen molar-refractivity contribution in [3.8, 4) is 0 Å². The Morgan fingerprint density at radius 1 is 1.40 bits per heavy atom. The second kappa shape index (κ2) is 5.27. The summed E-state index contributed by atoms with van der Waals surface area (Å²) < 4.78 is 5.42. The number of hydrogen-bond donors (Lipinski definition) is 1. The number of nitrogens with two attached hydrogens (primary N) is 1. The fraction of sp³-hybridized carbons (Fsp3) is 0.571. The summed E-state index contributed by atoms with van der Waals surface area (Å²) in [4.78, 5) is 13.7. The minimum atomic E-state index is 0.460. The van der Waals surface area contributed by atoms with E-state index in [-0.39, 0.29) is 0 Å². The third-order valence-corrected chi connectivity index (χ3v) is 5.12. The largest absolute Gasteiger partial charge is 0.383 e. The van der Waals surface area contributed by atoms with Crippen LogP contribution in [-0.4, -0.2) is 41.2 Å². The van der Waals surface area contributed by atoms with E-state index in [4.69, 9.17) is 10.5 Å². The van der Waals surface area contributed by atoms with Gasteiger partial charge in [-0.25, -0.2) is 9.97 Å². The van der Waals surface area contributed by atoms with Crippen LogP contribution in [0.5, 0.6) is 0 Å². The highest BCUT2D eigenvalue weighted by Gasteiger charge is 2.21. The van der Waals surface area contributed by atoms with Gasteiger partial charge in [-0.3, -0.25) is 4.90 Å². The molecule has 1 aliphatic rings. The van der Waals surface area contributed by atoms with E-state index in [2.05, 4.69) is 35.8 Å². The van der Waals surface area contributed by atoms with E-state index < -0.39 is 0 Å². The average molecular weight is 292 g/mol. The van der Waals surface area contributed by atoms with E-state index in [9.17, 15) is 0 Å². The molecule has 2 aromatic heterocycles. The molecule has 3 heterocycles. The molecule has 2 aromatic rings. The van der Waals surface area contributed by atoms with Gasteiger partial charge in [-0.2, -0.15) is 0 Å². The highest BCUT2D eigenvalue weighted by Crippen LogP contribution is 2.32. The second-order valence-electron chi connectivity index (χ2n) is 5.42. The monoisotopic (exact) mass is 292 g/mol. The van der Waals surface area contributed by atoms with Gasteiger partial charge in [0, 0.05) is 17.5 Å². The first-order valence-corrected chi connectivity index (χ1v) is 7.68. The molecule has 0 bridgehead atoms. The van der Waals surface area contributed by atoms with E-state index >= 15 is 0 Å². The van der Waals surface area contributed by atoms with Gasteiger partial charge in [0.1, 0.15) is 16.5 Å². The van der Waals surface area contributed by atoms with Gasteiger partial charge in [0.05, 0.1) is 18.5 Å². The number of aromatic nitrogens is 2. The number of aryl methyl sites for hydroxylation is 2. The summed E-state index contributed by atoms with van der Waals surface area (Å²) in [6.45, 7) is 6.54. The third kappa shape index (κ3) is 2.39. The molecule has 1 fully saturated rings. The van der Waals surface area contributed by atoms with Gasteiger partial charge >= 0.3 is 0 Å². The maximum absolute atomic E-state index is 6.11. The van der Waals surface area contributed by atoms with Gasteiger partial charge < -0.3 is 10.5 Å². The van der Waals surface area contributed by atoms with E-state index in [1.807, 2.05) is 0 Å². The van der Waals surface area contributed by atoms with Crippen molar-refractivity contribution in [3.63, 3.8) is 0 Å². The van der Waals surface area contributed by atoms with Gasteiger partial charge in [0.2, 0.25) is 0 Å². The van der Waals surface area contributed by atoms with Crippen LogP contribution in [0.25, 0.3) is 10.2 Å². The smallest absolute Gasteiger partial charge is 0.146 e. The second-order valence-corrected chi connectivity index (χ2v) is 6.62. The molecule has 3 rings (SSSR count). The molecular formula is C14H20N4OS. The molecular weight excluding hydrogens is 272 g/mol. The van der Waals surface area contributed by atoms with Crippen molar-refractivity contribution < 1.29 is 4.74 Å². The Morgan fingerprint density at radius 2 is 2.20 bits per heavy atom. The quantitative estimate of drug-likeness (QED) is 0.938. The zero-order valence-electron chi connectivity index (χ0n) is 12.1. The minimum Gasteiger partial charge on any atom is -0.383 e. The summed E-state index contributed by atoms with van der Waals surface area (Å²) in [5.41, 5.74) is 7.31. The van der Waals surface area contributed by atoms with Crippen LogP contribution in [0.3, 0.4) is 0 Å². The van der Waals surface area contributed by atoms with E-state index in [0.717, 1.165) is 35.7 Å². The number of rotatable bonds is 3. The van der Waals surface area contributed by atoms with Gasteiger partial charge in [0.25, 0.3) is 0 Å². The van der Waals surface area contributed by atoms with E-state index in [0.29, 0.717) is 18.4 Å². The normalized spacial score (nSPS) is 19.3. The van der Waals surface area contributed by atoms with Crippen LogP contribution in [0, 0.1) is 13.8 Å². The van der Waals surface area contributed by atoms with Crippen molar-refractivity contribution in [2.45, 2.75) is 32.9 Å². The summed E-state index contributed by atoms with van der Waals surface area (Å²) in [5.74, 6) is 1.40. The van der Waals surface area contributed by atoms with Crippen LogP contribution in [0.1, 0.15) is 22.7 Å². The molecule has 0 spiro atoms. The van der Waals surface area contributed by atoms with Crippen LogP contribution in [0.4, 0.5) is 5.82 Å². The highest BCUT2D eigenvalue weighted by atomic mass is 32.1. The molecule has 0 saturated carbocycles. The Labute approximate surface area is 122 Å². The summed E-state index contributed by atoms with van der Waals surface area (Å²) in [7, 11) is 2.09. The van der Waals surface area contributed by atoms with Crippen LogP contribution in [-0.2, 0) is 11.3 Å². The van der Waals surface area contributed by atoms with Crippen LogP contribution >= 0.6 is 11.3 Å². The van der Waals surface area contributed by atoms with E-state index in [1.54, 1.807) is 11.3 Å². The standard InChI is InChI=1S/C14H20N4OS/c1-8-9(2)20-14-12(8)13(15)16-11(17-14)6-18(3)10-4-5-19-7-10/h10H,4-7H2,1-3H3,(H2,15,16,17). The number of likely N-dealkylation sites (N-methyl/N-ethyl adjacent to an activating group) is 1. The van der Waals surface area contributed by atoms with E-state index in [1.165, 1.54) is 10.4 Å². The number of nitrogens with zero attached hydrogens (tertiary/aromatic N) is 3. The van der Waals surface area contributed by atoms with Crippen molar-refractivity contribution in [3.05, 3.63) is 16.3 Å². The molecule has 0 aromatic carbocycles. The number of thiophene rings is 1. The maximum Gasteiger partial charge on any atom is 0.146 e. The molecule has 6 heteroatoms. The molecule has 1 unspecified atom stereocenters. The topological polar surface area (TPSA) is 64.3 Å². The first kappa shape index (κ1) is 13.7. The fourth-order valence-electron chi connectivity index (χ4n) is 2.62. The molecule has 1 aliphatic heterocycles. The summed E-state index contributed by atoms with van der Waals surface area (Å²) in [5, 5.41) is 1.02. The van der Waals surface area contributed by atoms with Crippen LogP contribution < -0.4 is 5.73 Å². The molecule has 0 radical (unpaired) electrons. The number of ether oxygens (including phenoxy) is 1. The highest BCUT2D eigenvalue weighted by molar-refractivity contribution is 7.18. The molecule has 1 saturated heterocycles. The average Bonchev–Trinajstić information content (AvgIpc) is 2.99. The predicted molar refractivity (Wildman–Crippen MR) is 82.0 cm³/mol. The zero-order valence-corrected chi connectivity index (χ0v) is 13.0. The fourth-order valence-corrected chi connectivity index (χ4v) is 3.68. The summed E-state index contributed by atoms with van der Waals surface area (Å²) in [6, 6.07) is 0.460. The first-order valence-electron chi connectivity index (χ1n) is 6.86. The Morgan fingerprint density at radius 3 is 2.90 bits per heavy atom. The zero-order chi connectivity index (χ0) is 14.3. The van der Waals surface area contributed by atoms with Crippen molar-refractivity contribution in [1.82, 2.24) is 14.9 Å². The summed E-state index contributed by atoms with van der Waals surface area (Å²) in [6.07, 6.45) is 1.07. The number of anilines is 1. The molecule has 1 atom stereocenters. The Bertz CT molecular complexity index is 634. The van der Waals surface area contributed by atoms with Crippen molar-refractivity contribution in [2.75, 3.05) is 26.0 Å². The SMILES string of the molecule is Cc1sc2nc(CN(C)C3CCOC3)nc(N)c2c1C. The third-order valence-electron chi connectivity index (χ3n) is 4.02. The lowest BCUT2D eigenvalue weighted by Crippen LogP contribution is -2.32. The lowest BCUT2D eigenvalue weighted by atomic mass is 10.2. The van der Waals surface area contributed by atoms with Crippen molar-refractivity contribution >= 4 is 27.4 Å². The van der Waals surface area contributed by atoms with Gasteiger partial charge in [-0.1, -0.05) is 0 Å². The molecule has 20 heavy (non-hydrogen) atoms. The molecule has 0 amide bonds. The molecule has 2 N–H and O–H groups in total. The number of nitrogen functional groups attached to an aromatic ring is 1. The molecule has 108 valence electrons. The van der Waals surface area contributed by atoms with Gasteiger partial charge in [0.15, 0.2) is 0 Å². The Balaban J connectivity index is 1.88. The molecule has 0 aliphatic carbocycles. The first-order chi connectivity index (χ1) is 9.56. The Kier molecular flexibility index (Phi) is 3.62. The summed E-state index contributed by atoms with van der Waals surface area (Å²) >= 11 is 1.69. The minimum absolute atomic E-state index is 0.460. The Hall–Kier alpha value is -1.24. The van der Waals surface area contributed by atoms with Crippen molar-refractivity contribution in [1.29, 1.82) is 0 Å². The lowest BCUT2D eigenvalue weighted by Gasteiger charge is -2.21. The van der Waals surface area contributed by atoms with Gasteiger partial charge in [-0.05, 0) is 32.9 Å².